The zero-order valence-electron chi connectivity index (χ0n) is 10.0. The number of ether oxygens (including phenoxy) is 1. The Morgan fingerprint density at radius 2 is 2.06 bits per heavy atom. The van der Waals surface area contributed by atoms with Crippen LogP contribution in [0.3, 0.4) is 0 Å². The SMILES string of the molecule is Cc1cc(OCC2CCCC2)ccc1CN. The first-order chi connectivity index (χ1) is 7.79. The van der Waals surface area contributed by atoms with Crippen molar-refractivity contribution in [2.75, 3.05) is 6.61 Å². The van der Waals surface area contributed by atoms with Crippen molar-refractivity contribution in [1.29, 1.82) is 0 Å². The summed E-state index contributed by atoms with van der Waals surface area (Å²) in [7, 11) is 0. The van der Waals surface area contributed by atoms with Gasteiger partial charge >= 0.3 is 0 Å². The number of nitrogens with two attached hydrogens (primary N) is 1. The largest absolute Gasteiger partial charge is 0.493 e. The van der Waals surface area contributed by atoms with Crippen LogP contribution in [-0.4, -0.2) is 6.61 Å². The zero-order valence-corrected chi connectivity index (χ0v) is 10.0. The highest BCUT2D eigenvalue weighted by Gasteiger charge is 2.15. The molecule has 2 heteroatoms. The maximum Gasteiger partial charge on any atom is 0.119 e. The first kappa shape index (κ1) is 11.5. The van der Waals surface area contributed by atoms with Crippen LogP contribution < -0.4 is 10.5 Å². The molecule has 1 aromatic rings. The third-order valence-corrected chi connectivity index (χ3v) is 3.49. The lowest BCUT2D eigenvalue weighted by Crippen LogP contribution is -2.08. The maximum atomic E-state index is 5.83. The van der Waals surface area contributed by atoms with Crippen molar-refractivity contribution in [2.45, 2.75) is 39.2 Å². The molecule has 0 bridgehead atoms. The van der Waals surface area contributed by atoms with Gasteiger partial charge in [0.05, 0.1) is 6.61 Å². The smallest absolute Gasteiger partial charge is 0.119 e. The second-order valence-electron chi connectivity index (χ2n) is 4.75. The van der Waals surface area contributed by atoms with E-state index in [1.165, 1.54) is 36.8 Å². The third-order valence-electron chi connectivity index (χ3n) is 3.49. The molecule has 0 unspecified atom stereocenters. The molecule has 16 heavy (non-hydrogen) atoms. The summed E-state index contributed by atoms with van der Waals surface area (Å²) in [5, 5.41) is 0. The van der Waals surface area contributed by atoms with E-state index in [1.807, 2.05) is 6.07 Å². The first-order valence-electron chi connectivity index (χ1n) is 6.22. The fourth-order valence-corrected chi connectivity index (χ4v) is 2.38. The van der Waals surface area contributed by atoms with Gasteiger partial charge in [-0.3, -0.25) is 0 Å². The van der Waals surface area contributed by atoms with Crippen LogP contribution in [0.15, 0.2) is 18.2 Å². The lowest BCUT2D eigenvalue weighted by molar-refractivity contribution is 0.252. The summed E-state index contributed by atoms with van der Waals surface area (Å²) in [5.41, 5.74) is 8.06. The molecule has 0 aromatic heterocycles. The maximum absolute atomic E-state index is 5.83. The van der Waals surface area contributed by atoms with Crippen molar-refractivity contribution >= 4 is 0 Å². The van der Waals surface area contributed by atoms with Crippen LogP contribution in [0, 0.1) is 12.8 Å². The van der Waals surface area contributed by atoms with Gasteiger partial charge in [0.1, 0.15) is 5.75 Å². The standard InChI is InChI=1S/C14H21NO/c1-11-8-14(7-6-13(11)9-15)16-10-12-4-2-3-5-12/h6-8,12H,2-5,9-10,15H2,1H3. The molecule has 1 aromatic carbocycles. The quantitative estimate of drug-likeness (QED) is 0.844. The predicted molar refractivity (Wildman–Crippen MR) is 66.5 cm³/mol. The van der Waals surface area contributed by atoms with Crippen LogP contribution in [0.25, 0.3) is 0 Å². The van der Waals surface area contributed by atoms with E-state index in [1.54, 1.807) is 0 Å². The fraction of sp³-hybridized carbons (Fsp3) is 0.571. The third kappa shape index (κ3) is 2.76. The van der Waals surface area contributed by atoms with Gasteiger partial charge in [0, 0.05) is 6.54 Å². The van der Waals surface area contributed by atoms with Crippen LogP contribution in [0.4, 0.5) is 0 Å². The second kappa shape index (κ2) is 5.35. The van der Waals surface area contributed by atoms with Crippen molar-refractivity contribution < 1.29 is 4.74 Å². The highest BCUT2D eigenvalue weighted by Crippen LogP contribution is 2.26. The molecule has 88 valence electrons. The van der Waals surface area contributed by atoms with E-state index in [9.17, 15) is 0 Å². The van der Waals surface area contributed by atoms with Crippen molar-refractivity contribution in [3.8, 4) is 5.75 Å². The van der Waals surface area contributed by atoms with Gasteiger partial charge in [0.15, 0.2) is 0 Å². The molecule has 0 amide bonds. The Hall–Kier alpha value is -1.02. The number of benzene rings is 1. The van der Waals surface area contributed by atoms with Gasteiger partial charge in [-0.25, -0.2) is 0 Å². The van der Waals surface area contributed by atoms with E-state index in [0.29, 0.717) is 6.54 Å². The van der Waals surface area contributed by atoms with Gasteiger partial charge in [0.2, 0.25) is 0 Å². The monoisotopic (exact) mass is 219 g/mol. The lowest BCUT2D eigenvalue weighted by atomic mass is 10.1. The van der Waals surface area contributed by atoms with Crippen LogP contribution in [0.5, 0.6) is 5.75 Å². The zero-order chi connectivity index (χ0) is 11.4. The number of hydrogen-bond acceptors (Lipinski definition) is 2. The van der Waals surface area contributed by atoms with E-state index in [-0.39, 0.29) is 0 Å². The Bertz CT molecular complexity index is 343. The first-order valence-corrected chi connectivity index (χ1v) is 6.22. The van der Waals surface area contributed by atoms with Gasteiger partial charge in [-0.15, -0.1) is 0 Å². The highest BCUT2D eigenvalue weighted by atomic mass is 16.5. The van der Waals surface area contributed by atoms with Crippen molar-refractivity contribution in [2.24, 2.45) is 11.7 Å². The summed E-state index contributed by atoms with van der Waals surface area (Å²) >= 11 is 0. The molecular formula is C14H21NO. The Morgan fingerprint density at radius 3 is 2.69 bits per heavy atom. The van der Waals surface area contributed by atoms with Crippen molar-refractivity contribution in [1.82, 2.24) is 0 Å². The summed E-state index contributed by atoms with van der Waals surface area (Å²) in [6.07, 6.45) is 5.41. The van der Waals surface area contributed by atoms with E-state index in [2.05, 4.69) is 19.1 Å². The Morgan fingerprint density at radius 1 is 1.31 bits per heavy atom. The van der Waals surface area contributed by atoms with Gasteiger partial charge in [-0.05, 0) is 48.9 Å². The van der Waals surface area contributed by atoms with Crippen LogP contribution in [0.2, 0.25) is 0 Å². The topological polar surface area (TPSA) is 35.2 Å². The molecule has 0 radical (unpaired) electrons. The molecule has 0 heterocycles. The minimum atomic E-state index is 0.606. The van der Waals surface area contributed by atoms with Crippen LogP contribution in [0.1, 0.15) is 36.8 Å². The second-order valence-corrected chi connectivity index (χ2v) is 4.75. The average molecular weight is 219 g/mol. The number of hydrogen-bond donors (Lipinski definition) is 1. The van der Waals surface area contributed by atoms with E-state index in [4.69, 9.17) is 10.5 Å². The normalized spacial score (nSPS) is 16.6. The summed E-state index contributed by atoms with van der Waals surface area (Å²) in [6, 6.07) is 6.20. The fourth-order valence-electron chi connectivity index (χ4n) is 2.38. The molecule has 1 aliphatic carbocycles. The highest BCUT2D eigenvalue weighted by molar-refractivity contribution is 5.34. The lowest BCUT2D eigenvalue weighted by Gasteiger charge is -2.12. The molecule has 0 saturated heterocycles. The molecule has 1 fully saturated rings. The molecule has 2 N–H and O–H groups in total. The molecule has 0 atom stereocenters. The molecule has 1 saturated carbocycles. The number of aryl methyl sites for hydroxylation is 1. The molecule has 2 rings (SSSR count). The minimum Gasteiger partial charge on any atom is -0.493 e. The summed E-state index contributed by atoms with van der Waals surface area (Å²) in [5.74, 6) is 1.76. The Kier molecular flexibility index (Phi) is 3.83. The predicted octanol–water partition coefficient (Wildman–Crippen LogP) is 3.02. The van der Waals surface area contributed by atoms with Crippen LogP contribution >= 0.6 is 0 Å². The van der Waals surface area contributed by atoms with Gasteiger partial charge < -0.3 is 10.5 Å². The van der Waals surface area contributed by atoms with Gasteiger partial charge in [0.25, 0.3) is 0 Å². The minimum absolute atomic E-state index is 0.606. The average Bonchev–Trinajstić information content (AvgIpc) is 2.79. The van der Waals surface area contributed by atoms with Crippen molar-refractivity contribution in [3.05, 3.63) is 29.3 Å². The Labute approximate surface area is 97.8 Å². The molecule has 1 aliphatic rings. The van der Waals surface area contributed by atoms with E-state index < -0.39 is 0 Å². The van der Waals surface area contributed by atoms with E-state index in [0.717, 1.165) is 18.3 Å². The summed E-state index contributed by atoms with van der Waals surface area (Å²) in [6.45, 7) is 3.57. The van der Waals surface area contributed by atoms with E-state index >= 15 is 0 Å². The molecule has 0 aliphatic heterocycles. The number of rotatable bonds is 4. The molecule has 2 nitrogen and oxygen atoms in total. The van der Waals surface area contributed by atoms with Crippen LogP contribution in [-0.2, 0) is 6.54 Å². The van der Waals surface area contributed by atoms with Crippen molar-refractivity contribution in [3.63, 3.8) is 0 Å². The Balaban J connectivity index is 1.91. The van der Waals surface area contributed by atoms with Gasteiger partial charge in [-0.1, -0.05) is 18.9 Å². The summed E-state index contributed by atoms with van der Waals surface area (Å²) in [4.78, 5) is 0. The summed E-state index contributed by atoms with van der Waals surface area (Å²) < 4.78 is 5.83. The van der Waals surface area contributed by atoms with Gasteiger partial charge in [-0.2, -0.15) is 0 Å². The molecule has 0 spiro atoms. The molecular weight excluding hydrogens is 198 g/mol.